The minimum Gasteiger partial charge on any atom is -0.339 e. The molecule has 0 aromatic heterocycles. The van der Waals surface area contributed by atoms with E-state index in [0.717, 1.165) is 37.6 Å². The molecule has 2 aliphatic rings. The van der Waals surface area contributed by atoms with Crippen molar-refractivity contribution in [2.75, 3.05) is 31.1 Å². The minimum atomic E-state index is 0.0830. The van der Waals surface area contributed by atoms with Gasteiger partial charge in [-0.1, -0.05) is 0 Å². The zero-order chi connectivity index (χ0) is 10.9. The second-order valence-electron chi connectivity index (χ2n) is 5.13. The zero-order valence-electron chi connectivity index (χ0n) is 9.58. The monoisotopic (exact) mass is 228 g/mol. The quantitative estimate of drug-likeness (QED) is 0.725. The zero-order valence-corrected chi connectivity index (χ0v) is 10.4. The van der Waals surface area contributed by atoms with Crippen LogP contribution in [0.3, 0.4) is 0 Å². The first-order chi connectivity index (χ1) is 7.08. The highest BCUT2D eigenvalue weighted by Gasteiger charge is 2.33. The molecule has 1 unspecified atom stereocenters. The Morgan fingerprint density at radius 3 is 2.93 bits per heavy atom. The van der Waals surface area contributed by atoms with Crippen molar-refractivity contribution < 1.29 is 4.79 Å². The van der Waals surface area contributed by atoms with Crippen LogP contribution in [-0.2, 0) is 4.79 Å². The van der Waals surface area contributed by atoms with Crippen molar-refractivity contribution in [3.8, 4) is 0 Å². The third-order valence-corrected chi connectivity index (χ3v) is 4.32. The van der Waals surface area contributed by atoms with Gasteiger partial charge in [0.05, 0.1) is 0 Å². The van der Waals surface area contributed by atoms with Gasteiger partial charge in [-0.2, -0.15) is 11.8 Å². The number of carbonyl (C=O) groups excluding carboxylic acids is 1. The van der Waals surface area contributed by atoms with Crippen LogP contribution >= 0.6 is 11.8 Å². The van der Waals surface area contributed by atoms with E-state index in [4.69, 9.17) is 0 Å². The Bertz CT molecular complexity index is 249. The molecule has 1 atom stereocenters. The van der Waals surface area contributed by atoms with Gasteiger partial charge in [0.25, 0.3) is 0 Å². The van der Waals surface area contributed by atoms with Gasteiger partial charge >= 0.3 is 0 Å². The molecule has 4 heteroatoms. The predicted molar refractivity (Wildman–Crippen MR) is 64.1 cm³/mol. The van der Waals surface area contributed by atoms with Crippen LogP contribution in [0.1, 0.15) is 20.3 Å². The summed E-state index contributed by atoms with van der Waals surface area (Å²) in [5.74, 6) is 2.87. The average Bonchev–Trinajstić information content (AvgIpc) is 2.67. The maximum Gasteiger partial charge on any atom is 0.226 e. The first-order valence-electron chi connectivity index (χ1n) is 5.70. The summed E-state index contributed by atoms with van der Waals surface area (Å²) in [5.41, 5.74) is 0.0830. The Kier molecular flexibility index (Phi) is 3.26. The number of nitrogens with zero attached hydrogens (tertiary/aromatic N) is 1. The molecule has 0 saturated carbocycles. The molecule has 1 amide bonds. The Morgan fingerprint density at radius 2 is 2.33 bits per heavy atom. The van der Waals surface area contributed by atoms with Crippen molar-refractivity contribution in [1.29, 1.82) is 0 Å². The van der Waals surface area contributed by atoms with E-state index in [1.54, 1.807) is 0 Å². The molecule has 0 aromatic carbocycles. The lowest BCUT2D eigenvalue weighted by Crippen LogP contribution is -2.59. The van der Waals surface area contributed by atoms with Gasteiger partial charge < -0.3 is 10.2 Å². The fourth-order valence-corrected chi connectivity index (χ4v) is 3.53. The molecule has 3 nitrogen and oxygen atoms in total. The second kappa shape index (κ2) is 4.34. The maximum atomic E-state index is 12.2. The van der Waals surface area contributed by atoms with Gasteiger partial charge in [0.1, 0.15) is 0 Å². The third-order valence-electron chi connectivity index (χ3n) is 3.16. The van der Waals surface area contributed by atoms with E-state index >= 15 is 0 Å². The number of rotatable bonds is 1. The predicted octanol–water partition coefficient (Wildman–Crippen LogP) is 0.950. The Balaban J connectivity index is 1.94. The number of carbonyl (C=O) groups is 1. The molecular formula is C11H20N2OS. The lowest BCUT2D eigenvalue weighted by Gasteiger charge is -2.40. The highest BCUT2D eigenvalue weighted by Crippen LogP contribution is 2.26. The summed E-state index contributed by atoms with van der Waals surface area (Å²) >= 11 is 1.91. The standard InChI is InChI=1S/C11H20N2OS/c1-11(2)8-13(5-4-12-11)10(14)9-3-6-15-7-9/h9,12H,3-8H2,1-2H3. The topological polar surface area (TPSA) is 32.3 Å². The molecule has 0 spiro atoms. The summed E-state index contributed by atoms with van der Waals surface area (Å²) in [6.45, 7) is 6.99. The van der Waals surface area contributed by atoms with Crippen molar-refractivity contribution >= 4 is 17.7 Å². The number of hydrogen-bond acceptors (Lipinski definition) is 3. The molecule has 2 saturated heterocycles. The van der Waals surface area contributed by atoms with Gasteiger partial charge in [0, 0.05) is 36.8 Å². The number of thioether (sulfide) groups is 1. The lowest BCUT2D eigenvalue weighted by molar-refractivity contribution is -0.136. The minimum absolute atomic E-state index is 0.0830. The summed E-state index contributed by atoms with van der Waals surface area (Å²) in [6.07, 6.45) is 1.08. The summed E-state index contributed by atoms with van der Waals surface area (Å²) in [6, 6.07) is 0. The molecule has 2 rings (SSSR count). The van der Waals surface area contributed by atoms with E-state index in [2.05, 4.69) is 19.2 Å². The normalized spacial score (nSPS) is 30.5. The molecule has 86 valence electrons. The van der Waals surface area contributed by atoms with Crippen molar-refractivity contribution in [3.63, 3.8) is 0 Å². The van der Waals surface area contributed by atoms with Crippen molar-refractivity contribution in [2.24, 2.45) is 5.92 Å². The lowest BCUT2D eigenvalue weighted by atomic mass is 10.00. The van der Waals surface area contributed by atoms with Gasteiger partial charge in [-0.05, 0) is 26.0 Å². The van der Waals surface area contributed by atoms with E-state index in [1.165, 1.54) is 0 Å². The molecule has 0 aromatic rings. The third kappa shape index (κ3) is 2.67. The van der Waals surface area contributed by atoms with E-state index in [1.807, 2.05) is 16.7 Å². The van der Waals surface area contributed by atoms with Crippen LogP contribution in [-0.4, -0.2) is 47.5 Å². The Hall–Kier alpha value is -0.220. The molecule has 2 fully saturated rings. The van der Waals surface area contributed by atoms with Gasteiger partial charge in [0.2, 0.25) is 5.91 Å². The molecule has 2 aliphatic heterocycles. The fourth-order valence-electron chi connectivity index (χ4n) is 2.32. The van der Waals surface area contributed by atoms with Gasteiger partial charge in [-0.3, -0.25) is 4.79 Å². The van der Waals surface area contributed by atoms with Gasteiger partial charge in [-0.25, -0.2) is 0 Å². The smallest absolute Gasteiger partial charge is 0.226 e. The Labute approximate surface area is 96.0 Å². The summed E-state index contributed by atoms with van der Waals surface area (Å²) in [7, 11) is 0. The summed E-state index contributed by atoms with van der Waals surface area (Å²) in [5, 5.41) is 3.43. The first-order valence-corrected chi connectivity index (χ1v) is 6.85. The van der Waals surface area contributed by atoms with E-state index in [0.29, 0.717) is 11.8 Å². The number of piperazine rings is 1. The van der Waals surface area contributed by atoms with Crippen LogP contribution in [0.2, 0.25) is 0 Å². The van der Waals surface area contributed by atoms with Crippen molar-refractivity contribution in [1.82, 2.24) is 10.2 Å². The van der Waals surface area contributed by atoms with Crippen LogP contribution in [0.15, 0.2) is 0 Å². The maximum absolute atomic E-state index is 12.2. The van der Waals surface area contributed by atoms with Crippen LogP contribution in [0.25, 0.3) is 0 Å². The molecule has 2 heterocycles. The van der Waals surface area contributed by atoms with E-state index < -0.39 is 0 Å². The highest BCUT2D eigenvalue weighted by molar-refractivity contribution is 7.99. The Morgan fingerprint density at radius 1 is 1.53 bits per heavy atom. The highest BCUT2D eigenvalue weighted by atomic mass is 32.2. The molecule has 0 aliphatic carbocycles. The van der Waals surface area contributed by atoms with Crippen LogP contribution < -0.4 is 5.32 Å². The fraction of sp³-hybridized carbons (Fsp3) is 0.909. The summed E-state index contributed by atoms with van der Waals surface area (Å²) < 4.78 is 0. The molecule has 1 N–H and O–H groups in total. The molecule has 15 heavy (non-hydrogen) atoms. The number of hydrogen-bond donors (Lipinski definition) is 1. The van der Waals surface area contributed by atoms with E-state index in [-0.39, 0.29) is 5.54 Å². The van der Waals surface area contributed by atoms with Crippen LogP contribution in [0.5, 0.6) is 0 Å². The van der Waals surface area contributed by atoms with Crippen LogP contribution in [0, 0.1) is 5.92 Å². The molecule has 0 bridgehead atoms. The number of nitrogens with one attached hydrogen (secondary N) is 1. The first kappa shape index (κ1) is 11.3. The van der Waals surface area contributed by atoms with Gasteiger partial charge in [-0.15, -0.1) is 0 Å². The van der Waals surface area contributed by atoms with Crippen molar-refractivity contribution in [2.45, 2.75) is 25.8 Å². The molecular weight excluding hydrogens is 208 g/mol. The second-order valence-corrected chi connectivity index (χ2v) is 6.28. The van der Waals surface area contributed by atoms with Crippen molar-refractivity contribution in [3.05, 3.63) is 0 Å². The van der Waals surface area contributed by atoms with Gasteiger partial charge in [0.15, 0.2) is 0 Å². The molecule has 0 radical (unpaired) electrons. The largest absolute Gasteiger partial charge is 0.339 e. The average molecular weight is 228 g/mol. The summed E-state index contributed by atoms with van der Waals surface area (Å²) in [4.78, 5) is 14.2. The van der Waals surface area contributed by atoms with Crippen LogP contribution in [0.4, 0.5) is 0 Å². The number of amides is 1. The van der Waals surface area contributed by atoms with E-state index in [9.17, 15) is 4.79 Å². The SMILES string of the molecule is CC1(C)CN(C(=O)C2CCSC2)CCN1.